The average Bonchev–Trinajstić information content (AvgIpc) is 2.47. The summed E-state index contributed by atoms with van der Waals surface area (Å²) in [6.07, 6.45) is 0. The van der Waals surface area contributed by atoms with E-state index in [1.165, 1.54) is 0 Å². The molecule has 0 spiro atoms. The molecule has 0 amide bonds. The first-order chi connectivity index (χ1) is 17.3. The van der Waals surface area contributed by atoms with Gasteiger partial charge in [0.05, 0.1) is 0 Å². The molecule has 0 N–H and O–H groups in total. The fraction of sp³-hybridized carbons (Fsp3) is 0. The predicted octanol–water partition coefficient (Wildman–Crippen LogP) is -15.1. The van der Waals surface area contributed by atoms with Gasteiger partial charge in [-0.25, -0.2) is 0 Å². The first kappa shape index (κ1) is 87.2. The maximum Gasteiger partial charge on any atom is 5.00 e. The molecule has 43 heavy (non-hydrogen) atoms. The quantitative estimate of drug-likeness (QED) is 0.203. The molecule has 0 aromatic rings. The molecule has 0 heterocycles. The van der Waals surface area contributed by atoms with Crippen molar-refractivity contribution in [2.75, 3.05) is 0 Å². The molecular weight excluding hydrogens is 1890 g/mol. The first-order valence-electron chi connectivity index (χ1n) is 5.48. The second-order valence-electron chi connectivity index (χ2n) is 2.24. The van der Waals surface area contributed by atoms with Crippen LogP contribution in [0.3, 0.4) is 0 Å². The monoisotopic (exact) mass is 1890 g/mol. The summed E-state index contributed by atoms with van der Waals surface area (Å²) in [5.41, 5.74) is 0. The molecule has 0 aromatic carbocycles. The third-order valence-electron chi connectivity index (χ3n) is 0. The molecule has 242 valence electrons. The Labute approximate surface area is 373 Å². The van der Waals surface area contributed by atoms with Crippen LogP contribution in [-0.4, -0.2) is 71.7 Å². The molecule has 0 aliphatic carbocycles. The smallest absolute Gasteiger partial charge is 2.00 e. The molecule has 30 nitrogen and oxygen atoms in total. The topological polar surface area (TPSA) is 572 Å². The second kappa shape index (κ2) is 81.9. The zero-order chi connectivity index (χ0) is 35.8. The average molecular weight is 1890 g/mol. The van der Waals surface area contributed by atoms with Crippen LogP contribution < -0.4 is 36.1 Å². The summed E-state index contributed by atoms with van der Waals surface area (Å²) in [5, 5.41) is 0. The van der Waals surface area contributed by atoms with Gasteiger partial charge in [0, 0.05) is 0 Å². The van der Waals surface area contributed by atoms with Crippen molar-refractivity contribution < 1.29 is 311 Å². The summed E-state index contributed by atoms with van der Waals surface area (Å²) in [6, 6.07) is 0. The van der Waals surface area contributed by atoms with Crippen molar-refractivity contribution in [2.45, 2.75) is 0 Å². The minimum Gasteiger partial charge on any atom is 2.00 e. The Kier molecular flexibility index (Phi) is 166. The van der Waals surface area contributed by atoms with Crippen molar-refractivity contribution >= 4 is 71.7 Å². The Morgan fingerprint density at radius 1 is 0.209 bits per heavy atom. The molecule has 0 aromatic heterocycles. The SMILES string of the molecule is [Bi+3].[O]=[Nb](=[O])[O-].[O]=[Nb](=[O])[O-].[O]=[Nb](=[O])[O-].[O]=[Nb](=[O])[O-].[O]=[Nb](=[O])[O-].[O]=[Nb](=[O])[O-].[O]=[Nb](=[O])[O-].[O]=[Nb](=[O])[O-].[O]=[Nb](=[O])[O-].[O]=[Nb](=[O])[O-].[Sr+2].[Ta+5]. The van der Waals surface area contributed by atoms with Gasteiger partial charge in [0.25, 0.3) is 0 Å². The molecular formula is BiNb10O30SrTa. The van der Waals surface area contributed by atoms with Gasteiger partial charge in [0.1, 0.15) is 0 Å². The van der Waals surface area contributed by atoms with Crippen LogP contribution in [0, 0.1) is 0 Å². The van der Waals surface area contributed by atoms with E-state index >= 15 is 0 Å². The van der Waals surface area contributed by atoms with E-state index in [9.17, 15) is 0 Å². The van der Waals surface area contributed by atoms with Gasteiger partial charge in [0.2, 0.25) is 0 Å². The Bertz CT molecular complexity index is 869. The second-order valence-corrected chi connectivity index (χ2v) is 13.2. The summed E-state index contributed by atoms with van der Waals surface area (Å²) >= 11 is -42.0. The van der Waals surface area contributed by atoms with E-state index in [2.05, 4.69) is 0 Å². The molecule has 0 fully saturated rings. The van der Waals surface area contributed by atoms with Crippen molar-refractivity contribution in [3.8, 4) is 0 Å². The van der Waals surface area contributed by atoms with Crippen molar-refractivity contribution in [1.82, 2.24) is 0 Å². The number of hydrogen-bond donors (Lipinski definition) is 0. The third kappa shape index (κ3) is 2740. The standard InChI is InChI=1S/Bi.10Nb.30O.Sr.Ta/q+3;;;;;;;;;;;;;;;;;;;;;;;;;;;;;;;10*-1;+2;+5. The van der Waals surface area contributed by atoms with Crippen molar-refractivity contribution in [3.63, 3.8) is 0 Å². The van der Waals surface area contributed by atoms with E-state index in [0.29, 0.717) is 0 Å². The third-order valence-corrected chi connectivity index (χ3v) is 0. The fourth-order valence-corrected chi connectivity index (χ4v) is 0. The van der Waals surface area contributed by atoms with E-state index in [1.54, 1.807) is 0 Å². The summed E-state index contributed by atoms with van der Waals surface area (Å²) in [5.74, 6) is 0. The van der Waals surface area contributed by atoms with Gasteiger partial charge in [-0.2, -0.15) is 0 Å². The first-order valence-corrected chi connectivity index (χ1v) is 32.4. The minimum atomic E-state index is -4.20. The normalized spacial score (nSPS) is 5.81. The summed E-state index contributed by atoms with van der Waals surface area (Å²) in [6.45, 7) is 0. The van der Waals surface area contributed by atoms with Crippen molar-refractivity contribution in [3.05, 3.63) is 0 Å². The molecule has 0 unspecified atom stereocenters. The van der Waals surface area contributed by atoms with Gasteiger partial charge in [-0.3, -0.25) is 0 Å². The van der Waals surface area contributed by atoms with E-state index in [1.807, 2.05) is 0 Å². The predicted molar refractivity (Wildman–Crippen MR) is 25.2 cm³/mol. The Hall–Kier alpha value is 6.11. The Balaban J connectivity index is -0.0000000210. The van der Waals surface area contributed by atoms with Crippen LogP contribution in [-0.2, 0) is 275 Å². The number of rotatable bonds is 0. The summed E-state index contributed by atoms with van der Waals surface area (Å²) in [4.78, 5) is 0. The molecule has 0 atom stereocenters. The van der Waals surface area contributed by atoms with Gasteiger partial charge in [-0.05, 0) is 0 Å². The zero-order valence-corrected chi connectivity index (χ0v) is 50.5. The van der Waals surface area contributed by atoms with E-state index in [4.69, 9.17) is 101 Å². The maximum atomic E-state index is 8.60. The van der Waals surface area contributed by atoms with Gasteiger partial charge in [-0.15, -0.1) is 0 Å². The van der Waals surface area contributed by atoms with Crippen LogP contribution >= 0.6 is 0 Å². The van der Waals surface area contributed by atoms with Crippen LogP contribution in [0.15, 0.2) is 0 Å². The van der Waals surface area contributed by atoms with Gasteiger partial charge >= 0.3 is 383 Å². The van der Waals surface area contributed by atoms with Gasteiger partial charge < -0.3 is 0 Å². The molecule has 43 heteroatoms. The minimum absolute atomic E-state index is 0. The maximum absolute atomic E-state index is 8.60. The Morgan fingerprint density at radius 2 is 0.209 bits per heavy atom. The van der Waals surface area contributed by atoms with Crippen LogP contribution in [0.1, 0.15) is 0 Å². The molecule has 0 saturated heterocycles. The largest absolute Gasteiger partial charge is 5.00 e. The molecule has 2 radical (unpaired) electrons. The van der Waals surface area contributed by atoms with Crippen LogP contribution in [0.4, 0.5) is 0 Å². The molecule has 0 rings (SSSR count). The van der Waals surface area contributed by atoms with Crippen LogP contribution in [0.2, 0.25) is 0 Å². The van der Waals surface area contributed by atoms with E-state index in [-0.39, 0.29) is 94.1 Å². The van der Waals surface area contributed by atoms with E-state index < -0.39 is 188 Å². The fourth-order valence-electron chi connectivity index (χ4n) is 0. The number of hydrogen-bond acceptors (Lipinski definition) is 30. The van der Waals surface area contributed by atoms with Gasteiger partial charge in [-0.1, -0.05) is 0 Å². The summed E-state index contributed by atoms with van der Waals surface area (Å²) in [7, 11) is 0. The molecule has 0 saturated carbocycles. The Morgan fingerprint density at radius 3 is 0.209 bits per heavy atom. The van der Waals surface area contributed by atoms with E-state index in [0.717, 1.165) is 0 Å². The molecule has 0 aliphatic heterocycles. The van der Waals surface area contributed by atoms with Crippen molar-refractivity contribution in [2.24, 2.45) is 0 Å². The van der Waals surface area contributed by atoms with Crippen LogP contribution in [0.5, 0.6) is 0 Å². The van der Waals surface area contributed by atoms with Gasteiger partial charge in [0.15, 0.2) is 0 Å². The zero-order valence-electron chi connectivity index (χ0n) is 18.3. The summed E-state index contributed by atoms with van der Waals surface area (Å²) < 4.78 is 258. The molecule has 0 aliphatic rings. The molecule has 0 bridgehead atoms. The van der Waals surface area contributed by atoms with Crippen molar-refractivity contribution in [1.29, 1.82) is 0 Å². The van der Waals surface area contributed by atoms with Crippen LogP contribution in [0.25, 0.3) is 0 Å².